The van der Waals surface area contributed by atoms with Crippen LogP contribution >= 0.6 is 0 Å². The average molecular weight is 491 g/mol. The summed E-state index contributed by atoms with van der Waals surface area (Å²) >= 11 is 0. The van der Waals surface area contributed by atoms with Crippen molar-refractivity contribution in [2.75, 3.05) is 33.3 Å². The van der Waals surface area contributed by atoms with Crippen molar-refractivity contribution in [1.82, 2.24) is 14.5 Å². The van der Waals surface area contributed by atoms with Gasteiger partial charge in [-0.15, -0.1) is 13.2 Å². The Bertz CT molecular complexity index is 1090. The predicted molar refractivity (Wildman–Crippen MR) is 109 cm³/mol. The number of alkyl halides is 3. The molecule has 0 bridgehead atoms. The van der Waals surface area contributed by atoms with Crippen LogP contribution in [0.15, 0.2) is 47.4 Å². The van der Waals surface area contributed by atoms with Crippen molar-refractivity contribution in [3.8, 4) is 11.5 Å². The van der Waals surface area contributed by atoms with Crippen LogP contribution < -0.4 is 14.8 Å². The molecule has 1 aliphatic rings. The lowest BCUT2D eigenvalue weighted by Crippen LogP contribution is -2.52. The number of hydrogen-bond donors (Lipinski definition) is 1. The van der Waals surface area contributed by atoms with Crippen molar-refractivity contribution in [1.29, 1.82) is 0 Å². The summed E-state index contributed by atoms with van der Waals surface area (Å²) in [7, 11) is -2.61. The predicted octanol–water partition coefficient (Wildman–Crippen LogP) is 2.95. The number of ether oxygens (including phenoxy) is 2. The Balaban J connectivity index is 1.54. The molecule has 33 heavy (non-hydrogen) atoms. The Morgan fingerprint density at radius 3 is 2.24 bits per heavy atom. The molecule has 1 fully saturated rings. The zero-order valence-corrected chi connectivity index (χ0v) is 18.2. The van der Waals surface area contributed by atoms with Crippen molar-refractivity contribution in [2.45, 2.75) is 17.8 Å². The summed E-state index contributed by atoms with van der Waals surface area (Å²) in [4.78, 5) is 13.6. The smallest absolute Gasteiger partial charge is 0.494 e. The van der Waals surface area contributed by atoms with Gasteiger partial charge in [-0.2, -0.15) is 4.31 Å². The second-order valence-corrected chi connectivity index (χ2v) is 8.98. The molecule has 1 saturated heterocycles. The highest BCUT2D eigenvalue weighted by Crippen LogP contribution is 2.25. The van der Waals surface area contributed by atoms with E-state index in [4.69, 9.17) is 4.74 Å². The van der Waals surface area contributed by atoms with Crippen molar-refractivity contribution in [2.24, 2.45) is 0 Å². The molecule has 0 aliphatic carbocycles. The maximum atomic E-state index is 13.8. The lowest BCUT2D eigenvalue weighted by molar-refractivity contribution is -0.274. The molecule has 2 aromatic rings. The van der Waals surface area contributed by atoms with Gasteiger partial charge in [0.2, 0.25) is 10.0 Å². The minimum absolute atomic E-state index is 0.00766. The maximum Gasteiger partial charge on any atom is 0.573 e. The van der Waals surface area contributed by atoms with E-state index in [1.54, 1.807) is 6.07 Å². The largest absolute Gasteiger partial charge is 0.573 e. The lowest BCUT2D eigenvalue weighted by atomic mass is 10.2. The van der Waals surface area contributed by atoms with Gasteiger partial charge in [0.1, 0.15) is 5.75 Å². The molecule has 1 aliphatic heterocycles. The highest BCUT2D eigenvalue weighted by atomic mass is 32.2. The number of urea groups is 1. The first-order valence-electron chi connectivity index (χ1n) is 9.71. The van der Waals surface area contributed by atoms with Crippen LogP contribution in [0.2, 0.25) is 0 Å². The Hall–Kier alpha value is -3.06. The molecule has 180 valence electrons. The zero-order valence-electron chi connectivity index (χ0n) is 17.4. The summed E-state index contributed by atoms with van der Waals surface area (Å²) in [5, 5.41) is 2.65. The highest BCUT2D eigenvalue weighted by molar-refractivity contribution is 7.89. The number of sulfonamides is 1. The molecule has 2 aromatic carbocycles. The van der Waals surface area contributed by atoms with Crippen molar-refractivity contribution >= 4 is 16.1 Å². The third kappa shape index (κ3) is 6.26. The van der Waals surface area contributed by atoms with Gasteiger partial charge >= 0.3 is 12.4 Å². The van der Waals surface area contributed by atoms with E-state index in [-0.39, 0.29) is 43.4 Å². The Morgan fingerprint density at radius 1 is 1.06 bits per heavy atom. The standard InChI is InChI=1S/C20H21F4N3O5S/c1-31-18-7-2-14(12-17(18)21)13-25-19(28)26-8-10-27(11-9-26)33(29,30)16-5-3-15(4-6-16)32-20(22,23)24/h2-7,12H,8-11,13H2,1H3,(H,25,28). The Kier molecular flexibility index (Phi) is 7.32. The van der Waals surface area contributed by atoms with Gasteiger partial charge in [-0.1, -0.05) is 6.07 Å². The molecule has 0 unspecified atom stereocenters. The molecule has 2 amide bonds. The first-order chi connectivity index (χ1) is 15.5. The Labute approximate surface area is 187 Å². The van der Waals surface area contributed by atoms with E-state index < -0.39 is 34.0 Å². The van der Waals surface area contributed by atoms with Crippen molar-refractivity contribution in [3.05, 3.63) is 53.8 Å². The van der Waals surface area contributed by atoms with Gasteiger partial charge in [-0.25, -0.2) is 17.6 Å². The number of carbonyl (C=O) groups is 1. The number of halogens is 4. The van der Waals surface area contributed by atoms with Crippen LogP contribution in [0.3, 0.4) is 0 Å². The van der Waals surface area contributed by atoms with Crippen molar-refractivity contribution in [3.63, 3.8) is 0 Å². The first-order valence-corrected chi connectivity index (χ1v) is 11.1. The van der Waals surface area contributed by atoms with E-state index in [0.29, 0.717) is 5.56 Å². The summed E-state index contributed by atoms with van der Waals surface area (Å²) in [6, 6.07) is 7.77. The minimum Gasteiger partial charge on any atom is -0.494 e. The number of rotatable bonds is 6. The highest BCUT2D eigenvalue weighted by Gasteiger charge is 2.32. The molecule has 13 heteroatoms. The van der Waals surface area contributed by atoms with Gasteiger partial charge in [-0.05, 0) is 42.0 Å². The number of nitrogens with zero attached hydrogens (tertiary/aromatic N) is 2. The second-order valence-electron chi connectivity index (χ2n) is 7.04. The summed E-state index contributed by atoms with van der Waals surface area (Å²) < 4.78 is 85.8. The third-order valence-electron chi connectivity index (χ3n) is 4.88. The molecule has 1 heterocycles. The molecule has 0 saturated carbocycles. The fourth-order valence-electron chi connectivity index (χ4n) is 3.20. The van der Waals surface area contributed by atoms with Gasteiger partial charge in [0.15, 0.2) is 11.6 Å². The van der Waals surface area contributed by atoms with Crippen LogP contribution in [0, 0.1) is 5.82 Å². The Morgan fingerprint density at radius 2 is 1.70 bits per heavy atom. The first kappa shape index (κ1) is 24.6. The van der Waals surface area contributed by atoms with Crippen LogP contribution in [0.5, 0.6) is 11.5 Å². The lowest BCUT2D eigenvalue weighted by Gasteiger charge is -2.34. The van der Waals surface area contributed by atoms with E-state index in [1.165, 1.54) is 24.1 Å². The number of amides is 2. The van der Waals surface area contributed by atoms with E-state index >= 15 is 0 Å². The normalized spacial score (nSPS) is 15.2. The van der Waals surface area contributed by atoms with Crippen LogP contribution in [0.25, 0.3) is 0 Å². The van der Waals surface area contributed by atoms with Crippen LogP contribution in [-0.4, -0.2) is 63.3 Å². The van der Waals surface area contributed by atoms with E-state index in [2.05, 4.69) is 10.1 Å². The van der Waals surface area contributed by atoms with Crippen LogP contribution in [0.1, 0.15) is 5.56 Å². The fourth-order valence-corrected chi connectivity index (χ4v) is 4.63. The number of hydrogen-bond acceptors (Lipinski definition) is 5. The maximum absolute atomic E-state index is 13.8. The zero-order chi connectivity index (χ0) is 24.2. The fraction of sp³-hybridized carbons (Fsp3) is 0.350. The molecule has 0 atom stereocenters. The van der Waals surface area contributed by atoms with Crippen molar-refractivity contribution < 1.29 is 40.2 Å². The van der Waals surface area contributed by atoms with E-state index in [1.807, 2.05) is 0 Å². The number of piperazine rings is 1. The quantitative estimate of drug-likeness (QED) is 0.628. The molecular formula is C20H21F4N3O5S. The third-order valence-corrected chi connectivity index (χ3v) is 6.79. The summed E-state index contributed by atoms with van der Waals surface area (Å²) in [5.41, 5.74) is 0.529. The molecule has 8 nitrogen and oxygen atoms in total. The van der Waals surface area contributed by atoms with E-state index in [9.17, 15) is 30.8 Å². The van der Waals surface area contributed by atoms with Crippen LogP contribution in [-0.2, 0) is 16.6 Å². The molecule has 1 N–H and O–H groups in total. The summed E-state index contributed by atoms with van der Waals surface area (Å²) in [6.07, 6.45) is -4.88. The number of carbonyl (C=O) groups excluding carboxylic acids is 1. The SMILES string of the molecule is COc1ccc(CNC(=O)N2CCN(S(=O)(=O)c3ccc(OC(F)(F)F)cc3)CC2)cc1F. The summed E-state index contributed by atoms with van der Waals surface area (Å²) in [6.45, 7) is 0.306. The van der Waals surface area contributed by atoms with Gasteiger partial charge in [-0.3, -0.25) is 0 Å². The van der Waals surface area contributed by atoms with Gasteiger partial charge in [0.05, 0.1) is 12.0 Å². The molecule has 3 rings (SSSR count). The second kappa shape index (κ2) is 9.83. The monoisotopic (exact) mass is 491 g/mol. The molecule has 0 radical (unpaired) electrons. The average Bonchev–Trinajstić information content (AvgIpc) is 2.77. The van der Waals surface area contributed by atoms with Gasteiger partial charge in [0, 0.05) is 32.7 Å². The minimum atomic E-state index is -4.88. The van der Waals surface area contributed by atoms with Gasteiger partial charge < -0.3 is 19.7 Å². The van der Waals surface area contributed by atoms with Crippen LogP contribution in [0.4, 0.5) is 22.4 Å². The number of nitrogens with one attached hydrogen (secondary N) is 1. The summed E-state index contributed by atoms with van der Waals surface area (Å²) in [5.74, 6) is -0.995. The molecule has 0 aromatic heterocycles. The number of methoxy groups -OCH3 is 1. The number of benzene rings is 2. The molecule has 0 spiro atoms. The molecular weight excluding hydrogens is 470 g/mol. The van der Waals surface area contributed by atoms with Gasteiger partial charge in [0.25, 0.3) is 0 Å². The van der Waals surface area contributed by atoms with E-state index in [0.717, 1.165) is 28.6 Å². The topological polar surface area (TPSA) is 88.2 Å².